The molecule has 1 unspecified atom stereocenters. The Balaban J connectivity index is 2.38. The largest absolute Gasteiger partial charge is 0.347 e. The first-order valence-electron chi connectivity index (χ1n) is 4.14. The monoisotopic (exact) mass is 260 g/mol. The molecule has 2 N–H and O–H groups in total. The highest BCUT2D eigenvalue weighted by Crippen LogP contribution is 2.27. The van der Waals surface area contributed by atoms with Gasteiger partial charge in [0.2, 0.25) is 0 Å². The van der Waals surface area contributed by atoms with Crippen molar-refractivity contribution in [3.63, 3.8) is 0 Å². The summed E-state index contributed by atoms with van der Waals surface area (Å²) < 4.78 is 0. The molecule has 0 bridgehead atoms. The lowest BCUT2D eigenvalue weighted by molar-refractivity contribution is -0.120. The highest BCUT2D eigenvalue weighted by Gasteiger charge is 2.30. The number of carbonyl (C=O) groups is 1. The first kappa shape index (κ1) is 10.7. The molecule has 0 spiro atoms. The van der Waals surface area contributed by atoms with Gasteiger partial charge >= 0.3 is 0 Å². The van der Waals surface area contributed by atoms with Gasteiger partial charge in [0, 0.05) is 15.6 Å². The first-order chi connectivity index (χ1) is 7.08. The Morgan fingerprint density at radius 2 is 2.07 bits per heavy atom. The van der Waals surface area contributed by atoms with Gasteiger partial charge < -0.3 is 10.6 Å². The zero-order valence-corrected chi connectivity index (χ0v) is 9.71. The van der Waals surface area contributed by atoms with Crippen LogP contribution in [0.3, 0.4) is 0 Å². The minimum absolute atomic E-state index is 0.204. The van der Waals surface area contributed by atoms with Crippen molar-refractivity contribution in [3.05, 3.63) is 33.8 Å². The topological polar surface area (TPSA) is 41.1 Å². The van der Waals surface area contributed by atoms with E-state index in [0.717, 1.165) is 0 Å². The molecule has 0 aromatic heterocycles. The van der Waals surface area contributed by atoms with E-state index < -0.39 is 6.04 Å². The average Bonchev–Trinajstić information content (AvgIpc) is 2.45. The zero-order chi connectivity index (χ0) is 11.0. The number of halogens is 2. The highest BCUT2D eigenvalue weighted by atomic mass is 35.5. The summed E-state index contributed by atoms with van der Waals surface area (Å²) in [7, 11) is 0. The summed E-state index contributed by atoms with van der Waals surface area (Å²) in [6.45, 7) is 0. The van der Waals surface area contributed by atoms with Gasteiger partial charge in [0.15, 0.2) is 5.11 Å². The maximum Gasteiger partial charge on any atom is 0.253 e. The summed E-state index contributed by atoms with van der Waals surface area (Å²) in [4.78, 5) is 11.5. The number of rotatable bonds is 1. The minimum Gasteiger partial charge on any atom is -0.347 e. The van der Waals surface area contributed by atoms with E-state index in [4.69, 9.17) is 35.4 Å². The molecular weight excluding hydrogens is 255 g/mol. The Bertz CT molecular complexity index is 450. The van der Waals surface area contributed by atoms with Crippen LogP contribution in [0.2, 0.25) is 10.0 Å². The SMILES string of the molecule is O=C1NC(=S)NC1c1ccc(Cl)cc1Cl. The van der Waals surface area contributed by atoms with Crippen LogP contribution >= 0.6 is 35.4 Å². The maximum absolute atomic E-state index is 11.5. The fourth-order valence-corrected chi connectivity index (χ4v) is 2.11. The molecule has 0 aliphatic carbocycles. The molecule has 1 aliphatic rings. The van der Waals surface area contributed by atoms with Gasteiger partial charge in [0.1, 0.15) is 6.04 Å². The molecule has 1 amide bonds. The molecule has 1 aliphatic heterocycles. The second-order valence-corrected chi connectivity index (χ2v) is 4.31. The van der Waals surface area contributed by atoms with Crippen LogP contribution in [0.1, 0.15) is 11.6 Å². The molecule has 1 aromatic rings. The van der Waals surface area contributed by atoms with E-state index in [0.29, 0.717) is 20.7 Å². The Morgan fingerprint density at radius 1 is 1.33 bits per heavy atom. The van der Waals surface area contributed by atoms with Crippen molar-refractivity contribution in [2.75, 3.05) is 0 Å². The molecule has 0 saturated carbocycles. The van der Waals surface area contributed by atoms with Gasteiger partial charge in [-0.25, -0.2) is 0 Å². The van der Waals surface area contributed by atoms with E-state index in [2.05, 4.69) is 10.6 Å². The van der Waals surface area contributed by atoms with E-state index in [9.17, 15) is 4.79 Å². The van der Waals surface area contributed by atoms with Crippen molar-refractivity contribution in [1.29, 1.82) is 0 Å². The fraction of sp³-hybridized carbons (Fsp3) is 0.111. The molecule has 3 nitrogen and oxygen atoms in total. The van der Waals surface area contributed by atoms with E-state index in [-0.39, 0.29) is 5.91 Å². The van der Waals surface area contributed by atoms with Crippen LogP contribution in [0.4, 0.5) is 0 Å². The number of thiocarbonyl (C=S) groups is 1. The zero-order valence-electron chi connectivity index (χ0n) is 7.38. The van der Waals surface area contributed by atoms with Crippen molar-refractivity contribution < 1.29 is 4.79 Å². The van der Waals surface area contributed by atoms with Crippen LogP contribution in [-0.2, 0) is 4.79 Å². The van der Waals surface area contributed by atoms with E-state index in [1.165, 1.54) is 0 Å². The van der Waals surface area contributed by atoms with Crippen molar-refractivity contribution >= 4 is 46.4 Å². The maximum atomic E-state index is 11.5. The molecule has 78 valence electrons. The lowest BCUT2D eigenvalue weighted by Gasteiger charge is -2.10. The first-order valence-corrected chi connectivity index (χ1v) is 5.30. The predicted octanol–water partition coefficient (Wildman–Crippen LogP) is 2.04. The van der Waals surface area contributed by atoms with Crippen molar-refractivity contribution in [3.8, 4) is 0 Å². The van der Waals surface area contributed by atoms with Crippen molar-refractivity contribution in [1.82, 2.24) is 10.6 Å². The van der Waals surface area contributed by atoms with Crippen LogP contribution < -0.4 is 10.6 Å². The predicted molar refractivity (Wildman–Crippen MR) is 63.1 cm³/mol. The molecule has 1 heterocycles. The van der Waals surface area contributed by atoms with Gasteiger partial charge in [-0.15, -0.1) is 0 Å². The summed E-state index contributed by atoms with van der Waals surface area (Å²) in [6, 6.07) is 4.45. The number of amides is 1. The molecule has 1 saturated heterocycles. The summed E-state index contributed by atoms with van der Waals surface area (Å²) in [5.74, 6) is -0.204. The summed E-state index contributed by atoms with van der Waals surface area (Å²) >= 11 is 16.6. The molecule has 1 fully saturated rings. The normalized spacial score (nSPS) is 20.0. The summed E-state index contributed by atoms with van der Waals surface area (Å²) in [5.41, 5.74) is 0.665. The average molecular weight is 261 g/mol. The molecule has 1 aromatic carbocycles. The number of hydrogen-bond acceptors (Lipinski definition) is 2. The number of carbonyl (C=O) groups excluding carboxylic acids is 1. The lowest BCUT2D eigenvalue weighted by Crippen LogP contribution is -2.21. The van der Waals surface area contributed by atoms with Crippen LogP contribution in [0.15, 0.2) is 18.2 Å². The number of benzene rings is 1. The molecular formula is C9H6Cl2N2OS. The quantitative estimate of drug-likeness (QED) is 0.760. The second-order valence-electron chi connectivity index (χ2n) is 3.06. The van der Waals surface area contributed by atoms with Crippen molar-refractivity contribution in [2.45, 2.75) is 6.04 Å². The van der Waals surface area contributed by atoms with Crippen LogP contribution in [0.25, 0.3) is 0 Å². The van der Waals surface area contributed by atoms with Gasteiger partial charge in [0.25, 0.3) is 5.91 Å². The van der Waals surface area contributed by atoms with Crippen molar-refractivity contribution in [2.24, 2.45) is 0 Å². The van der Waals surface area contributed by atoms with Gasteiger partial charge in [-0.05, 0) is 24.4 Å². The Kier molecular flexibility index (Phi) is 2.82. The van der Waals surface area contributed by atoms with E-state index >= 15 is 0 Å². The van der Waals surface area contributed by atoms with Gasteiger partial charge in [-0.3, -0.25) is 4.79 Å². The standard InChI is InChI=1S/C9H6Cl2N2OS/c10-4-1-2-5(6(11)3-4)7-8(14)13-9(15)12-7/h1-3,7H,(H2,12,13,14,15). The Hall–Kier alpha value is -0.840. The summed E-state index contributed by atoms with van der Waals surface area (Å²) in [5, 5.41) is 6.61. The third-order valence-corrected chi connectivity index (χ3v) is 2.83. The summed E-state index contributed by atoms with van der Waals surface area (Å²) in [6.07, 6.45) is 0. The number of nitrogens with one attached hydrogen (secondary N) is 2. The second kappa shape index (κ2) is 3.96. The van der Waals surface area contributed by atoms with Crippen LogP contribution in [-0.4, -0.2) is 11.0 Å². The third kappa shape index (κ3) is 2.07. The van der Waals surface area contributed by atoms with E-state index in [1.54, 1.807) is 18.2 Å². The smallest absolute Gasteiger partial charge is 0.253 e. The van der Waals surface area contributed by atoms with E-state index in [1.807, 2.05) is 0 Å². The molecule has 1 atom stereocenters. The van der Waals surface area contributed by atoms with Gasteiger partial charge in [0.05, 0.1) is 0 Å². The van der Waals surface area contributed by atoms with Gasteiger partial charge in [-0.1, -0.05) is 29.3 Å². The fourth-order valence-electron chi connectivity index (χ4n) is 1.37. The highest BCUT2D eigenvalue weighted by molar-refractivity contribution is 7.80. The molecule has 2 rings (SSSR count). The van der Waals surface area contributed by atoms with Gasteiger partial charge in [-0.2, -0.15) is 0 Å². The number of hydrogen-bond donors (Lipinski definition) is 2. The molecule has 15 heavy (non-hydrogen) atoms. The lowest BCUT2D eigenvalue weighted by atomic mass is 10.1. The Labute approximate surface area is 102 Å². The molecule has 6 heteroatoms. The van der Waals surface area contributed by atoms with Crippen LogP contribution in [0.5, 0.6) is 0 Å². The minimum atomic E-state index is -0.526. The molecule has 0 radical (unpaired) electrons. The van der Waals surface area contributed by atoms with Crippen LogP contribution in [0, 0.1) is 0 Å². The Morgan fingerprint density at radius 3 is 2.60 bits per heavy atom. The third-order valence-electron chi connectivity index (χ3n) is 2.05.